The molecule has 0 spiro atoms. The van der Waals surface area contributed by atoms with Gasteiger partial charge in [0.15, 0.2) is 0 Å². The minimum absolute atomic E-state index is 0.663. The molecule has 0 bridgehead atoms. The molecule has 0 saturated carbocycles. The van der Waals surface area contributed by atoms with Crippen molar-refractivity contribution in [2.75, 3.05) is 6.61 Å². The molecule has 0 aliphatic heterocycles. The van der Waals surface area contributed by atoms with Crippen LogP contribution in [0.5, 0.6) is 0 Å². The highest BCUT2D eigenvalue weighted by Crippen LogP contribution is 2.23. The van der Waals surface area contributed by atoms with Gasteiger partial charge in [0.2, 0.25) is 0 Å². The monoisotopic (exact) mass is 344 g/mol. The molecule has 0 atom stereocenters. The number of hydrogen-bond acceptors (Lipinski definition) is 2. The second-order valence-electron chi connectivity index (χ2n) is 5.20. The fourth-order valence-corrected chi connectivity index (χ4v) is 2.99. The van der Waals surface area contributed by atoms with Crippen molar-refractivity contribution in [1.82, 2.24) is 9.78 Å². The minimum atomic E-state index is 0.663. The summed E-state index contributed by atoms with van der Waals surface area (Å²) in [4.78, 5) is 0. The molecule has 1 aromatic rings. The normalized spacial score (nSPS) is 11.2. The molecule has 0 saturated heterocycles. The van der Waals surface area contributed by atoms with Crippen LogP contribution in [0, 0.1) is 0 Å². The zero-order valence-corrected chi connectivity index (χ0v) is 14.8. The smallest absolute Gasteiger partial charge is 0.0896 e. The summed E-state index contributed by atoms with van der Waals surface area (Å²) in [7, 11) is 0. The predicted octanol–water partition coefficient (Wildman–Crippen LogP) is 5.11. The van der Waals surface area contributed by atoms with Crippen molar-refractivity contribution in [1.29, 1.82) is 0 Å². The third-order valence-corrected chi connectivity index (χ3v) is 4.49. The Hall–Kier alpha value is -0.350. The van der Waals surface area contributed by atoms with Crippen LogP contribution in [0.4, 0.5) is 0 Å². The van der Waals surface area contributed by atoms with Crippen molar-refractivity contribution >= 4 is 15.9 Å². The van der Waals surface area contributed by atoms with Crippen LogP contribution in [-0.4, -0.2) is 16.4 Å². The Kier molecular flexibility index (Phi) is 9.19. The minimum Gasteiger partial charge on any atom is -0.375 e. The summed E-state index contributed by atoms with van der Waals surface area (Å²) < 4.78 is 8.99. The van der Waals surface area contributed by atoms with E-state index in [-0.39, 0.29) is 0 Å². The average molecular weight is 345 g/mol. The SMILES string of the molecule is CCCCCCCCOCc1c(Br)c(CC)nn1CC. The van der Waals surface area contributed by atoms with E-state index in [1.54, 1.807) is 0 Å². The van der Waals surface area contributed by atoms with Gasteiger partial charge in [0, 0.05) is 13.2 Å². The highest BCUT2D eigenvalue weighted by Gasteiger charge is 2.13. The lowest BCUT2D eigenvalue weighted by atomic mass is 10.1. The number of aryl methyl sites for hydroxylation is 2. The number of hydrogen-bond donors (Lipinski definition) is 0. The van der Waals surface area contributed by atoms with Crippen LogP contribution in [0.25, 0.3) is 0 Å². The highest BCUT2D eigenvalue weighted by molar-refractivity contribution is 9.10. The van der Waals surface area contributed by atoms with Crippen molar-refractivity contribution in [3.8, 4) is 0 Å². The van der Waals surface area contributed by atoms with E-state index in [1.807, 2.05) is 4.68 Å². The molecule has 0 aliphatic carbocycles. The number of aromatic nitrogens is 2. The Morgan fingerprint density at radius 2 is 1.75 bits per heavy atom. The van der Waals surface area contributed by atoms with Crippen LogP contribution in [0.2, 0.25) is 0 Å². The first-order chi connectivity index (χ1) is 9.74. The fourth-order valence-electron chi connectivity index (χ4n) is 2.31. The number of halogens is 1. The summed E-state index contributed by atoms with van der Waals surface area (Å²) in [5, 5.41) is 4.59. The van der Waals surface area contributed by atoms with E-state index in [2.05, 4.69) is 41.8 Å². The first-order valence-corrected chi connectivity index (χ1v) is 8.85. The Balaban J connectivity index is 2.26. The van der Waals surface area contributed by atoms with Gasteiger partial charge in [-0.1, -0.05) is 46.0 Å². The van der Waals surface area contributed by atoms with Gasteiger partial charge in [0.05, 0.1) is 22.5 Å². The van der Waals surface area contributed by atoms with Gasteiger partial charge in [-0.15, -0.1) is 0 Å². The van der Waals surface area contributed by atoms with Crippen LogP contribution in [0.15, 0.2) is 4.47 Å². The van der Waals surface area contributed by atoms with Crippen molar-refractivity contribution in [2.45, 2.75) is 78.9 Å². The van der Waals surface area contributed by atoms with Crippen molar-refractivity contribution in [3.63, 3.8) is 0 Å². The molecule has 0 amide bonds. The second kappa shape index (κ2) is 10.4. The van der Waals surface area contributed by atoms with E-state index in [4.69, 9.17) is 4.74 Å². The van der Waals surface area contributed by atoms with E-state index in [0.717, 1.165) is 29.7 Å². The lowest BCUT2D eigenvalue weighted by molar-refractivity contribution is 0.110. The molecule has 116 valence electrons. The molecule has 0 aromatic carbocycles. The standard InChI is InChI=1S/C16H29BrN2O/c1-4-7-8-9-10-11-12-20-13-15-16(17)14(5-2)18-19(15)6-3/h4-13H2,1-3H3. The molecular weight excluding hydrogens is 316 g/mol. The van der Waals surface area contributed by atoms with Crippen LogP contribution < -0.4 is 0 Å². The molecule has 0 radical (unpaired) electrons. The first-order valence-electron chi connectivity index (χ1n) is 8.06. The van der Waals surface area contributed by atoms with Gasteiger partial charge in [0.25, 0.3) is 0 Å². The van der Waals surface area contributed by atoms with Gasteiger partial charge in [-0.05, 0) is 35.7 Å². The maximum absolute atomic E-state index is 5.82. The van der Waals surface area contributed by atoms with Gasteiger partial charge in [-0.3, -0.25) is 4.68 Å². The van der Waals surface area contributed by atoms with Gasteiger partial charge >= 0.3 is 0 Å². The van der Waals surface area contributed by atoms with E-state index < -0.39 is 0 Å². The average Bonchev–Trinajstić information content (AvgIpc) is 2.78. The molecule has 20 heavy (non-hydrogen) atoms. The summed E-state index contributed by atoms with van der Waals surface area (Å²) in [6.45, 7) is 8.92. The molecule has 0 fully saturated rings. The predicted molar refractivity (Wildman–Crippen MR) is 88.0 cm³/mol. The lowest BCUT2D eigenvalue weighted by Crippen LogP contribution is -2.05. The molecule has 3 nitrogen and oxygen atoms in total. The van der Waals surface area contributed by atoms with E-state index in [1.165, 1.54) is 44.2 Å². The number of ether oxygens (including phenoxy) is 1. The third kappa shape index (κ3) is 5.57. The Labute approximate surface area is 132 Å². The van der Waals surface area contributed by atoms with Crippen LogP contribution in [0.1, 0.15) is 70.7 Å². The molecule has 0 N–H and O–H groups in total. The Bertz CT molecular complexity index is 377. The quantitative estimate of drug-likeness (QED) is 0.522. The molecule has 1 aromatic heterocycles. The summed E-state index contributed by atoms with van der Waals surface area (Å²) in [6, 6.07) is 0. The third-order valence-electron chi connectivity index (χ3n) is 3.58. The second-order valence-corrected chi connectivity index (χ2v) is 5.99. The molecule has 4 heteroatoms. The summed E-state index contributed by atoms with van der Waals surface area (Å²) in [5.74, 6) is 0. The van der Waals surface area contributed by atoms with E-state index in [9.17, 15) is 0 Å². The van der Waals surface area contributed by atoms with Crippen molar-refractivity contribution in [3.05, 3.63) is 15.9 Å². The summed E-state index contributed by atoms with van der Waals surface area (Å²) >= 11 is 3.65. The van der Waals surface area contributed by atoms with Gasteiger partial charge in [0.1, 0.15) is 0 Å². The molecule has 1 rings (SSSR count). The maximum atomic E-state index is 5.82. The van der Waals surface area contributed by atoms with Crippen LogP contribution in [-0.2, 0) is 24.3 Å². The van der Waals surface area contributed by atoms with E-state index >= 15 is 0 Å². The zero-order valence-electron chi connectivity index (χ0n) is 13.3. The van der Waals surface area contributed by atoms with Crippen molar-refractivity contribution in [2.24, 2.45) is 0 Å². The molecule has 1 heterocycles. The van der Waals surface area contributed by atoms with Crippen molar-refractivity contribution < 1.29 is 4.74 Å². The number of nitrogens with zero attached hydrogens (tertiary/aromatic N) is 2. The lowest BCUT2D eigenvalue weighted by Gasteiger charge is -2.07. The molecule has 0 aliphatic rings. The summed E-state index contributed by atoms with van der Waals surface area (Å²) in [5.41, 5.74) is 2.31. The van der Waals surface area contributed by atoms with E-state index in [0.29, 0.717) is 6.61 Å². The largest absolute Gasteiger partial charge is 0.375 e. The maximum Gasteiger partial charge on any atom is 0.0896 e. The number of rotatable bonds is 11. The zero-order chi connectivity index (χ0) is 14.8. The molecular formula is C16H29BrN2O. The molecule has 0 unspecified atom stereocenters. The summed E-state index contributed by atoms with van der Waals surface area (Å²) in [6.07, 6.45) is 8.79. The number of unbranched alkanes of at least 4 members (excludes halogenated alkanes) is 5. The fraction of sp³-hybridized carbons (Fsp3) is 0.812. The Morgan fingerprint density at radius 3 is 2.40 bits per heavy atom. The van der Waals surface area contributed by atoms with Gasteiger partial charge in [-0.25, -0.2) is 0 Å². The topological polar surface area (TPSA) is 27.1 Å². The first kappa shape index (κ1) is 17.7. The Morgan fingerprint density at radius 1 is 1.05 bits per heavy atom. The van der Waals surface area contributed by atoms with Crippen LogP contribution >= 0.6 is 15.9 Å². The van der Waals surface area contributed by atoms with Crippen LogP contribution in [0.3, 0.4) is 0 Å². The highest BCUT2D eigenvalue weighted by atomic mass is 79.9. The van der Waals surface area contributed by atoms with Gasteiger partial charge < -0.3 is 4.74 Å². The van der Waals surface area contributed by atoms with Gasteiger partial charge in [-0.2, -0.15) is 5.10 Å².